The summed E-state index contributed by atoms with van der Waals surface area (Å²) in [7, 11) is -3.77. The molecule has 22 heavy (non-hydrogen) atoms. The Hall–Kier alpha value is -1.79. The predicted octanol–water partition coefficient (Wildman–Crippen LogP) is 2.68. The van der Waals surface area contributed by atoms with Gasteiger partial charge in [0.05, 0.1) is 12.0 Å². The zero-order valence-corrected chi connectivity index (χ0v) is 13.1. The average molecular weight is 340 g/mol. The number of furan rings is 1. The third-order valence-electron chi connectivity index (χ3n) is 3.60. The second kappa shape index (κ2) is 5.78. The molecule has 1 fully saturated rings. The molecule has 1 aromatic heterocycles. The summed E-state index contributed by atoms with van der Waals surface area (Å²) in [6.45, 7) is 0. The molecule has 2 atom stereocenters. The lowest BCUT2D eigenvalue weighted by atomic mass is 10.2. The lowest BCUT2D eigenvalue weighted by molar-refractivity contribution is -0.120. The number of carbonyl (C=O) groups is 1. The standard InChI is InChI=1S/C15H14ClNO4S/c16-13-5-2-1-4-10(13)9-22(19,20)17-15(18)12-8-11(12)14-6-3-7-21-14/h1-7,11-12H,8-9H2,(H,17,18)/t11-,12-/m0/s1. The van der Waals surface area contributed by atoms with Crippen LogP contribution in [-0.2, 0) is 20.6 Å². The van der Waals surface area contributed by atoms with Gasteiger partial charge in [0.1, 0.15) is 5.76 Å². The van der Waals surface area contributed by atoms with E-state index in [2.05, 4.69) is 4.72 Å². The van der Waals surface area contributed by atoms with Crippen molar-refractivity contribution in [3.63, 3.8) is 0 Å². The van der Waals surface area contributed by atoms with Gasteiger partial charge in [-0.25, -0.2) is 8.42 Å². The first-order chi connectivity index (χ1) is 10.5. The van der Waals surface area contributed by atoms with Crippen molar-refractivity contribution < 1.29 is 17.6 Å². The van der Waals surface area contributed by atoms with Crippen molar-refractivity contribution in [2.45, 2.75) is 18.1 Å². The number of carbonyl (C=O) groups excluding carboxylic acids is 1. The molecule has 1 aliphatic carbocycles. The minimum atomic E-state index is -3.77. The van der Waals surface area contributed by atoms with Crippen LogP contribution in [-0.4, -0.2) is 14.3 Å². The maximum absolute atomic E-state index is 12.1. The highest BCUT2D eigenvalue weighted by molar-refractivity contribution is 7.89. The molecular weight excluding hydrogens is 326 g/mol. The molecule has 0 saturated heterocycles. The van der Waals surface area contributed by atoms with E-state index in [0.717, 1.165) is 0 Å². The summed E-state index contributed by atoms with van der Waals surface area (Å²) in [6, 6.07) is 10.2. The first-order valence-corrected chi connectivity index (χ1v) is 8.80. The largest absolute Gasteiger partial charge is 0.469 e. The van der Waals surface area contributed by atoms with Crippen LogP contribution < -0.4 is 4.72 Å². The Morgan fingerprint density at radius 3 is 2.73 bits per heavy atom. The number of hydrogen-bond acceptors (Lipinski definition) is 4. The molecule has 0 spiro atoms. The third kappa shape index (κ3) is 3.34. The van der Waals surface area contributed by atoms with Gasteiger partial charge in [0.15, 0.2) is 0 Å². The van der Waals surface area contributed by atoms with Gasteiger partial charge in [0.25, 0.3) is 0 Å². The first kappa shape index (κ1) is 15.1. The van der Waals surface area contributed by atoms with Gasteiger partial charge >= 0.3 is 0 Å². The van der Waals surface area contributed by atoms with Gasteiger partial charge in [-0.2, -0.15) is 0 Å². The lowest BCUT2D eigenvalue weighted by Crippen LogP contribution is -2.33. The van der Waals surface area contributed by atoms with E-state index < -0.39 is 15.9 Å². The summed E-state index contributed by atoms with van der Waals surface area (Å²) in [4.78, 5) is 12.0. The minimum absolute atomic E-state index is 0.0366. The highest BCUT2D eigenvalue weighted by Crippen LogP contribution is 2.47. The summed E-state index contributed by atoms with van der Waals surface area (Å²) in [5.41, 5.74) is 0.461. The van der Waals surface area contributed by atoms with E-state index in [1.165, 1.54) is 6.26 Å². The van der Waals surface area contributed by atoms with E-state index in [-0.39, 0.29) is 17.6 Å². The average Bonchev–Trinajstić information content (AvgIpc) is 3.07. The summed E-state index contributed by atoms with van der Waals surface area (Å²) < 4.78 is 31.5. The maximum atomic E-state index is 12.1. The topological polar surface area (TPSA) is 76.4 Å². The number of hydrogen-bond donors (Lipinski definition) is 1. The molecule has 2 aromatic rings. The summed E-state index contributed by atoms with van der Waals surface area (Å²) in [5.74, 6) is -0.494. The first-order valence-electron chi connectivity index (χ1n) is 6.77. The van der Waals surface area contributed by atoms with E-state index in [4.69, 9.17) is 16.0 Å². The van der Waals surface area contributed by atoms with Crippen LogP contribution in [0.5, 0.6) is 0 Å². The molecule has 1 amide bonds. The van der Waals surface area contributed by atoms with Crippen LogP contribution in [0.1, 0.15) is 23.7 Å². The van der Waals surface area contributed by atoms with Crippen molar-refractivity contribution >= 4 is 27.5 Å². The van der Waals surface area contributed by atoms with Gasteiger partial charge in [0.2, 0.25) is 15.9 Å². The Labute approximate surface area is 133 Å². The maximum Gasteiger partial charge on any atom is 0.239 e. The SMILES string of the molecule is O=C(NS(=O)(=O)Cc1ccccc1Cl)[C@H]1C[C@@H]1c1ccco1. The summed E-state index contributed by atoms with van der Waals surface area (Å²) in [6.07, 6.45) is 2.14. The molecule has 5 nitrogen and oxygen atoms in total. The second-order valence-electron chi connectivity index (χ2n) is 5.28. The van der Waals surface area contributed by atoms with Crippen molar-refractivity contribution in [1.29, 1.82) is 0 Å². The molecule has 1 heterocycles. The van der Waals surface area contributed by atoms with Crippen LogP contribution in [0.3, 0.4) is 0 Å². The Morgan fingerprint density at radius 2 is 2.05 bits per heavy atom. The number of nitrogens with one attached hydrogen (secondary N) is 1. The fourth-order valence-electron chi connectivity index (χ4n) is 2.39. The Balaban J connectivity index is 1.63. The monoisotopic (exact) mass is 339 g/mol. The molecule has 7 heteroatoms. The summed E-state index contributed by atoms with van der Waals surface area (Å²) >= 11 is 5.94. The fraction of sp³-hybridized carbons (Fsp3) is 0.267. The van der Waals surface area contributed by atoms with E-state index in [1.807, 2.05) is 0 Å². The third-order valence-corrected chi connectivity index (χ3v) is 5.17. The van der Waals surface area contributed by atoms with E-state index in [9.17, 15) is 13.2 Å². The second-order valence-corrected chi connectivity index (χ2v) is 7.41. The lowest BCUT2D eigenvalue weighted by Gasteiger charge is -2.07. The van der Waals surface area contributed by atoms with Crippen LogP contribution in [0.4, 0.5) is 0 Å². The molecule has 0 aliphatic heterocycles. The molecular formula is C15H14ClNO4S. The van der Waals surface area contributed by atoms with E-state index in [1.54, 1.807) is 36.4 Å². The molecule has 116 valence electrons. The van der Waals surface area contributed by atoms with Crippen molar-refractivity contribution in [3.05, 3.63) is 59.0 Å². The van der Waals surface area contributed by atoms with Crippen LogP contribution in [0.2, 0.25) is 5.02 Å². The van der Waals surface area contributed by atoms with Crippen molar-refractivity contribution in [2.75, 3.05) is 0 Å². The normalized spacial score (nSPS) is 20.6. The zero-order chi connectivity index (χ0) is 15.7. The smallest absolute Gasteiger partial charge is 0.239 e. The quantitative estimate of drug-likeness (QED) is 0.908. The van der Waals surface area contributed by atoms with Crippen molar-refractivity contribution in [3.8, 4) is 0 Å². The van der Waals surface area contributed by atoms with Crippen molar-refractivity contribution in [1.82, 2.24) is 4.72 Å². The molecule has 3 rings (SSSR count). The van der Waals surface area contributed by atoms with Crippen LogP contribution in [0, 0.1) is 5.92 Å². The molecule has 0 unspecified atom stereocenters. The highest BCUT2D eigenvalue weighted by Gasteiger charge is 2.46. The Morgan fingerprint density at radius 1 is 1.27 bits per heavy atom. The number of halogens is 1. The minimum Gasteiger partial charge on any atom is -0.469 e. The number of sulfonamides is 1. The van der Waals surface area contributed by atoms with Crippen LogP contribution >= 0.6 is 11.6 Å². The Kier molecular flexibility index (Phi) is 3.97. The van der Waals surface area contributed by atoms with Gasteiger partial charge in [-0.1, -0.05) is 29.8 Å². The van der Waals surface area contributed by atoms with E-state index >= 15 is 0 Å². The molecule has 0 bridgehead atoms. The van der Waals surface area contributed by atoms with Crippen LogP contribution in [0.15, 0.2) is 47.1 Å². The summed E-state index contributed by atoms with van der Waals surface area (Å²) in [5, 5.41) is 0.361. The number of benzene rings is 1. The van der Waals surface area contributed by atoms with Crippen LogP contribution in [0.25, 0.3) is 0 Å². The van der Waals surface area contributed by atoms with Gasteiger partial charge in [-0.15, -0.1) is 0 Å². The molecule has 1 N–H and O–H groups in total. The zero-order valence-electron chi connectivity index (χ0n) is 11.5. The van der Waals surface area contributed by atoms with Gasteiger partial charge in [-0.3, -0.25) is 9.52 Å². The molecule has 0 radical (unpaired) electrons. The fourth-order valence-corrected chi connectivity index (χ4v) is 3.86. The molecule has 1 aromatic carbocycles. The van der Waals surface area contributed by atoms with Gasteiger partial charge in [0, 0.05) is 16.9 Å². The van der Waals surface area contributed by atoms with Gasteiger partial charge < -0.3 is 4.42 Å². The Bertz CT molecular complexity index is 786. The molecule has 1 saturated carbocycles. The predicted molar refractivity (Wildman–Crippen MR) is 81.8 cm³/mol. The highest BCUT2D eigenvalue weighted by atomic mass is 35.5. The molecule has 1 aliphatic rings. The number of amides is 1. The number of rotatable bonds is 5. The van der Waals surface area contributed by atoms with Crippen molar-refractivity contribution in [2.24, 2.45) is 5.92 Å². The van der Waals surface area contributed by atoms with E-state index in [0.29, 0.717) is 22.8 Å². The van der Waals surface area contributed by atoms with Gasteiger partial charge in [-0.05, 0) is 30.2 Å².